The molecule has 0 spiro atoms. The standard InChI is InChI=1S/3C8H10.C7H8.C6H6.5C2H6.5CH4O/c1-7-3-5-8(2)6-4-7;1-7-4-3-5-8(2)6-7;1-7-5-3-4-6-8(7)2;1-7-5-3-2-4-6-7;1-2-4-6-5-3-1;10*1-2/h3*3-6H,1-2H3;2-6H,1H3;1-6H;5*1-2H3;5*2H,1H3. The quantitative estimate of drug-likeness (QED) is 0.107. The second-order valence-electron chi connectivity index (χ2n) is 9.21. The molecule has 0 aromatic heterocycles. The number of hydrogen-bond donors (Lipinski definition) is 5. The zero-order valence-electron chi connectivity index (χ0n) is 41.0. The van der Waals surface area contributed by atoms with Gasteiger partial charge in [-0.15, -0.1) is 0 Å². The Hall–Kier alpha value is -4.10. The predicted molar refractivity (Wildman–Crippen MR) is 263 cm³/mol. The lowest BCUT2D eigenvalue weighted by molar-refractivity contribution is 0.399. The fourth-order valence-electron chi connectivity index (χ4n) is 3.03. The van der Waals surface area contributed by atoms with E-state index < -0.39 is 0 Å². The molecule has 0 bridgehead atoms. The lowest BCUT2D eigenvalue weighted by atomic mass is 10.1. The normalized spacial score (nSPS) is 6.86. The van der Waals surface area contributed by atoms with Crippen LogP contribution in [0.4, 0.5) is 0 Å². The van der Waals surface area contributed by atoms with Crippen molar-refractivity contribution in [3.63, 3.8) is 0 Å². The van der Waals surface area contributed by atoms with Gasteiger partial charge in [0.05, 0.1) is 0 Å². The molecule has 5 aromatic rings. The van der Waals surface area contributed by atoms with Gasteiger partial charge in [0.1, 0.15) is 0 Å². The summed E-state index contributed by atoms with van der Waals surface area (Å²) < 4.78 is 0. The van der Waals surface area contributed by atoms with Gasteiger partial charge in [-0.05, 0) is 59.6 Å². The third-order valence-electron chi connectivity index (χ3n) is 5.42. The van der Waals surface area contributed by atoms with Crippen molar-refractivity contribution in [2.24, 2.45) is 0 Å². The summed E-state index contributed by atoms with van der Waals surface area (Å²) in [5, 5.41) is 35.0. The van der Waals surface area contributed by atoms with Gasteiger partial charge in [0.25, 0.3) is 0 Å². The Labute approximate surface area is 356 Å². The highest BCUT2D eigenvalue weighted by Gasteiger charge is 1.84. The summed E-state index contributed by atoms with van der Waals surface area (Å²) in [5.41, 5.74) is 9.39. The van der Waals surface area contributed by atoms with E-state index in [2.05, 4.69) is 133 Å². The highest BCUT2D eigenvalue weighted by atomic mass is 16.2. The molecule has 332 valence electrons. The lowest BCUT2D eigenvalue weighted by Crippen LogP contribution is -1.74. The molecule has 5 aromatic carbocycles. The van der Waals surface area contributed by atoms with Crippen LogP contribution in [-0.4, -0.2) is 61.1 Å². The fourth-order valence-corrected chi connectivity index (χ4v) is 3.03. The van der Waals surface area contributed by atoms with Gasteiger partial charge >= 0.3 is 0 Å². The molecule has 57 heavy (non-hydrogen) atoms. The van der Waals surface area contributed by atoms with Crippen LogP contribution in [0.1, 0.15) is 108 Å². The first-order valence-electron chi connectivity index (χ1n) is 20.1. The molecule has 5 N–H and O–H groups in total. The van der Waals surface area contributed by atoms with Gasteiger partial charge in [-0.2, -0.15) is 0 Å². The van der Waals surface area contributed by atoms with Crippen LogP contribution in [0.15, 0.2) is 140 Å². The van der Waals surface area contributed by atoms with Gasteiger partial charge in [-0.25, -0.2) is 0 Å². The summed E-state index contributed by atoms with van der Waals surface area (Å²) in [7, 11) is 5.00. The van der Waals surface area contributed by atoms with Crippen LogP contribution in [0.5, 0.6) is 0 Å². The van der Waals surface area contributed by atoms with Crippen molar-refractivity contribution in [3.05, 3.63) is 178 Å². The SMILES string of the molecule is CC.CC.CC.CC.CC.CO.CO.CO.CO.CO.Cc1ccc(C)cc1.Cc1cccc(C)c1.Cc1ccccc1.Cc1ccccc1C.c1ccccc1. The maximum atomic E-state index is 7.00. The van der Waals surface area contributed by atoms with Gasteiger partial charge in [0.15, 0.2) is 0 Å². The van der Waals surface area contributed by atoms with Gasteiger partial charge in [-0.1, -0.05) is 237 Å². The second-order valence-corrected chi connectivity index (χ2v) is 9.21. The zero-order valence-corrected chi connectivity index (χ0v) is 41.0. The summed E-state index contributed by atoms with van der Waals surface area (Å²) in [5.74, 6) is 0. The molecule has 0 fully saturated rings. The maximum absolute atomic E-state index is 7.00. The average molecular weight is 799 g/mol. The molecule has 0 unspecified atom stereocenters. The van der Waals surface area contributed by atoms with E-state index >= 15 is 0 Å². The van der Waals surface area contributed by atoms with Gasteiger partial charge < -0.3 is 25.5 Å². The van der Waals surface area contributed by atoms with Crippen molar-refractivity contribution in [3.8, 4) is 0 Å². The molecule has 0 atom stereocenters. The van der Waals surface area contributed by atoms with Crippen LogP contribution in [0.3, 0.4) is 0 Å². The van der Waals surface area contributed by atoms with E-state index in [1.165, 1.54) is 38.9 Å². The van der Waals surface area contributed by atoms with Crippen molar-refractivity contribution in [2.75, 3.05) is 35.5 Å². The number of aliphatic hydroxyl groups is 5. The summed E-state index contributed by atoms with van der Waals surface area (Å²) in [6.07, 6.45) is 0. The Morgan fingerprint density at radius 3 is 0.544 bits per heavy atom. The maximum Gasteiger partial charge on any atom is 0.0319 e. The highest BCUT2D eigenvalue weighted by Crippen LogP contribution is 2.03. The van der Waals surface area contributed by atoms with Crippen molar-refractivity contribution in [2.45, 2.75) is 118 Å². The molecule has 5 nitrogen and oxygen atoms in total. The summed E-state index contributed by atoms with van der Waals surface area (Å²) >= 11 is 0. The van der Waals surface area contributed by atoms with Crippen molar-refractivity contribution < 1.29 is 25.5 Å². The third kappa shape index (κ3) is 77.3. The van der Waals surface area contributed by atoms with E-state index in [9.17, 15) is 0 Å². The highest BCUT2D eigenvalue weighted by molar-refractivity contribution is 5.23. The lowest BCUT2D eigenvalue weighted by Gasteiger charge is -1.93. The molecule has 0 saturated carbocycles. The molecule has 0 radical (unpaired) electrons. The molecule has 5 heteroatoms. The number of aliphatic hydroxyl groups excluding tert-OH is 5. The summed E-state index contributed by atoms with van der Waals surface area (Å²) in [6.45, 7) is 34.7. The molecule has 0 heterocycles. The first-order chi connectivity index (χ1) is 27.8. The van der Waals surface area contributed by atoms with E-state index in [1.807, 2.05) is 124 Å². The van der Waals surface area contributed by atoms with Crippen molar-refractivity contribution in [1.29, 1.82) is 0 Å². The van der Waals surface area contributed by atoms with E-state index in [0.29, 0.717) is 0 Å². The third-order valence-corrected chi connectivity index (χ3v) is 5.42. The van der Waals surface area contributed by atoms with Gasteiger partial charge in [-0.3, -0.25) is 0 Å². The Balaban J connectivity index is -0.0000000546. The number of benzene rings is 5. The fraction of sp³-hybridized carbons (Fsp3) is 0.423. The molecular weight excluding hydrogens is 705 g/mol. The molecule has 0 saturated heterocycles. The van der Waals surface area contributed by atoms with Crippen molar-refractivity contribution in [1.82, 2.24) is 0 Å². The van der Waals surface area contributed by atoms with Crippen LogP contribution in [0, 0.1) is 48.5 Å². The molecular formula is C52H94O5. The smallest absolute Gasteiger partial charge is 0.0319 e. The monoisotopic (exact) mass is 799 g/mol. The van der Waals surface area contributed by atoms with Gasteiger partial charge in [0, 0.05) is 35.5 Å². The largest absolute Gasteiger partial charge is 0.400 e. The predicted octanol–water partition coefficient (Wildman–Crippen LogP) is 13.8. The minimum absolute atomic E-state index is 1.00. The minimum atomic E-state index is 1.00. The summed E-state index contributed by atoms with van der Waals surface area (Å²) in [4.78, 5) is 0. The molecule has 5 rings (SSSR count). The minimum Gasteiger partial charge on any atom is -0.400 e. The van der Waals surface area contributed by atoms with Crippen LogP contribution in [0.25, 0.3) is 0 Å². The summed E-state index contributed by atoms with van der Waals surface area (Å²) in [6, 6.07) is 47.5. The van der Waals surface area contributed by atoms with Crippen LogP contribution in [-0.2, 0) is 0 Å². The number of hydrogen-bond acceptors (Lipinski definition) is 5. The number of aryl methyl sites for hydroxylation is 7. The molecule has 0 aliphatic heterocycles. The van der Waals surface area contributed by atoms with Crippen LogP contribution in [0.2, 0.25) is 0 Å². The van der Waals surface area contributed by atoms with Crippen LogP contribution >= 0.6 is 0 Å². The Morgan fingerprint density at radius 1 is 0.211 bits per heavy atom. The topological polar surface area (TPSA) is 101 Å². The first kappa shape index (κ1) is 77.4. The Kier molecular flexibility index (Phi) is 115. The second kappa shape index (κ2) is 84.5. The molecule has 0 aliphatic carbocycles. The zero-order chi connectivity index (χ0) is 47.3. The van der Waals surface area contributed by atoms with E-state index in [-0.39, 0.29) is 0 Å². The van der Waals surface area contributed by atoms with Gasteiger partial charge in [0.2, 0.25) is 0 Å². The molecule has 0 amide bonds. The van der Waals surface area contributed by atoms with Crippen LogP contribution < -0.4 is 0 Å². The van der Waals surface area contributed by atoms with E-state index in [0.717, 1.165) is 35.5 Å². The average Bonchev–Trinajstić information content (AvgIpc) is 3.31. The Morgan fingerprint density at radius 2 is 0.386 bits per heavy atom. The first-order valence-corrected chi connectivity index (χ1v) is 20.1. The van der Waals surface area contributed by atoms with E-state index in [1.54, 1.807) is 0 Å². The Bertz CT molecular complexity index is 1140. The molecule has 0 aliphatic rings. The van der Waals surface area contributed by atoms with Crippen molar-refractivity contribution >= 4 is 0 Å². The van der Waals surface area contributed by atoms with E-state index in [4.69, 9.17) is 25.5 Å². The number of rotatable bonds is 0.